The highest BCUT2D eigenvalue weighted by molar-refractivity contribution is 5.78. The van der Waals surface area contributed by atoms with Crippen molar-refractivity contribution in [2.75, 3.05) is 23.7 Å². The van der Waals surface area contributed by atoms with Crippen LogP contribution < -0.4 is 16.0 Å². The predicted octanol–water partition coefficient (Wildman–Crippen LogP) is 0.897. The van der Waals surface area contributed by atoms with Gasteiger partial charge in [-0.15, -0.1) is 0 Å². The number of carbonyl (C=O) groups is 1. The molecule has 1 fully saturated rings. The van der Waals surface area contributed by atoms with Gasteiger partial charge in [-0.2, -0.15) is 4.98 Å². The highest BCUT2D eigenvalue weighted by Crippen LogP contribution is 2.22. The lowest BCUT2D eigenvalue weighted by atomic mass is 10.2. The molecule has 21 heavy (non-hydrogen) atoms. The first-order valence-corrected chi connectivity index (χ1v) is 6.88. The number of anilines is 2. The molecule has 1 saturated heterocycles. The summed E-state index contributed by atoms with van der Waals surface area (Å²) in [4.78, 5) is 29.6. The molecule has 2 heterocycles. The van der Waals surface area contributed by atoms with Gasteiger partial charge in [0.1, 0.15) is 6.20 Å². The molecule has 1 amide bonds. The van der Waals surface area contributed by atoms with Gasteiger partial charge in [0.2, 0.25) is 17.7 Å². The van der Waals surface area contributed by atoms with Crippen molar-refractivity contribution < 1.29 is 9.72 Å². The van der Waals surface area contributed by atoms with Crippen molar-refractivity contribution in [1.29, 1.82) is 0 Å². The molecule has 1 aliphatic heterocycles. The molecule has 9 nitrogen and oxygen atoms in total. The lowest BCUT2D eigenvalue weighted by Gasteiger charge is -2.12. The Kier molecular flexibility index (Phi) is 4.85. The van der Waals surface area contributed by atoms with Gasteiger partial charge in [-0.3, -0.25) is 14.9 Å². The molecule has 0 spiro atoms. The number of aromatic nitrogens is 2. The fourth-order valence-corrected chi connectivity index (χ4v) is 2.01. The van der Waals surface area contributed by atoms with E-state index in [4.69, 9.17) is 0 Å². The standard InChI is InChI=1S/C12H18N6O3/c1-2-5-13-12-15-7-9(18(20)21)11(17-12)14-6-8-3-4-10(19)16-8/h7-8H,2-6H2,1H3,(H,16,19)(H2,13,14,15,17). The summed E-state index contributed by atoms with van der Waals surface area (Å²) in [5, 5.41) is 19.7. The number of nitrogens with zero attached hydrogens (tertiary/aromatic N) is 3. The van der Waals surface area contributed by atoms with Gasteiger partial charge in [-0.25, -0.2) is 4.98 Å². The van der Waals surface area contributed by atoms with E-state index in [-0.39, 0.29) is 23.5 Å². The number of nitro groups is 1. The van der Waals surface area contributed by atoms with Gasteiger partial charge in [0.05, 0.1) is 4.92 Å². The van der Waals surface area contributed by atoms with Gasteiger partial charge in [0, 0.05) is 25.6 Å². The Morgan fingerprint density at radius 1 is 1.52 bits per heavy atom. The summed E-state index contributed by atoms with van der Waals surface area (Å²) in [5.41, 5.74) is -0.179. The van der Waals surface area contributed by atoms with Crippen LogP contribution in [0, 0.1) is 10.1 Å². The van der Waals surface area contributed by atoms with Crippen LogP contribution in [0.15, 0.2) is 6.20 Å². The first-order valence-electron chi connectivity index (χ1n) is 6.88. The van der Waals surface area contributed by atoms with Crippen LogP contribution in [-0.4, -0.2) is 39.9 Å². The lowest BCUT2D eigenvalue weighted by molar-refractivity contribution is -0.384. The van der Waals surface area contributed by atoms with E-state index in [1.54, 1.807) is 0 Å². The summed E-state index contributed by atoms with van der Waals surface area (Å²) >= 11 is 0. The van der Waals surface area contributed by atoms with Crippen LogP contribution in [0.2, 0.25) is 0 Å². The van der Waals surface area contributed by atoms with Gasteiger partial charge in [-0.05, 0) is 12.8 Å². The quantitative estimate of drug-likeness (QED) is 0.504. The summed E-state index contributed by atoms with van der Waals surface area (Å²) < 4.78 is 0. The van der Waals surface area contributed by atoms with Crippen molar-refractivity contribution in [3.63, 3.8) is 0 Å². The Hall–Kier alpha value is -2.45. The number of hydrogen-bond donors (Lipinski definition) is 3. The second-order valence-electron chi connectivity index (χ2n) is 4.80. The molecular formula is C12H18N6O3. The molecule has 3 N–H and O–H groups in total. The molecule has 1 aromatic heterocycles. The summed E-state index contributed by atoms with van der Waals surface area (Å²) in [6.45, 7) is 3.09. The maximum atomic E-state index is 11.1. The molecule has 1 unspecified atom stereocenters. The normalized spacial score (nSPS) is 17.4. The Labute approximate surface area is 121 Å². The van der Waals surface area contributed by atoms with Crippen LogP contribution in [0.3, 0.4) is 0 Å². The Bertz CT molecular complexity index is 536. The molecule has 0 saturated carbocycles. The van der Waals surface area contributed by atoms with Crippen molar-refractivity contribution in [3.05, 3.63) is 16.3 Å². The van der Waals surface area contributed by atoms with E-state index >= 15 is 0 Å². The average Bonchev–Trinajstić information content (AvgIpc) is 2.88. The average molecular weight is 294 g/mol. The summed E-state index contributed by atoms with van der Waals surface area (Å²) in [7, 11) is 0. The number of nitrogens with one attached hydrogen (secondary N) is 3. The molecule has 1 atom stereocenters. The maximum Gasteiger partial charge on any atom is 0.329 e. The fourth-order valence-electron chi connectivity index (χ4n) is 2.01. The Morgan fingerprint density at radius 3 is 2.95 bits per heavy atom. The van der Waals surface area contributed by atoms with Crippen LogP contribution in [0.25, 0.3) is 0 Å². The maximum absolute atomic E-state index is 11.1. The van der Waals surface area contributed by atoms with E-state index in [0.29, 0.717) is 31.9 Å². The zero-order valence-corrected chi connectivity index (χ0v) is 11.8. The molecule has 9 heteroatoms. The van der Waals surface area contributed by atoms with Crippen molar-refractivity contribution in [1.82, 2.24) is 15.3 Å². The molecule has 1 aromatic rings. The lowest BCUT2D eigenvalue weighted by Crippen LogP contribution is -2.32. The van der Waals surface area contributed by atoms with Crippen LogP contribution in [0.5, 0.6) is 0 Å². The first kappa shape index (κ1) is 14.9. The zero-order chi connectivity index (χ0) is 15.2. The molecule has 0 aliphatic carbocycles. The third-order valence-electron chi connectivity index (χ3n) is 3.10. The van der Waals surface area contributed by atoms with Crippen LogP contribution >= 0.6 is 0 Å². The van der Waals surface area contributed by atoms with Crippen molar-refractivity contribution in [2.45, 2.75) is 32.2 Å². The Morgan fingerprint density at radius 2 is 2.33 bits per heavy atom. The molecule has 114 valence electrons. The second kappa shape index (κ2) is 6.82. The van der Waals surface area contributed by atoms with E-state index < -0.39 is 4.92 Å². The third kappa shape index (κ3) is 4.01. The molecule has 1 aliphatic rings. The van der Waals surface area contributed by atoms with Crippen LogP contribution in [0.1, 0.15) is 26.2 Å². The highest BCUT2D eigenvalue weighted by Gasteiger charge is 2.23. The van der Waals surface area contributed by atoms with Crippen LogP contribution in [-0.2, 0) is 4.79 Å². The summed E-state index contributed by atoms with van der Waals surface area (Å²) in [6, 6.07) is -0.0286. The number of hydrogen-bond acceptors (Lipinski definition) is 7. The number of amides is 1. The number of carbonyl (C=O) groups excluding carboxylic acids is 1. The molecular weight excluding hydrogens is 276 g/mol. The van der Waals surface area contributed by atoms with E-state index in [1.165, 1.54) is 6.20 Å². The van der Waals surface area contributed by atoms with Crippen LogP contribution in [0.4, 0.5) is 17.5 Å². The first-order chi connectivity index (χ1) is 10.1. The largest absolute Gasteiger partial charge is 0.362 e. The van der Waals surface area contributed by atoms with E-state index in [9.17, 15) is 14.9 Å². The highest BCUT2D eigenvalue weighted by atomic mass is 16.6. The SMILES string of the molecule is CCCNc1ncc([N+](=O)[O-])c(NCC2CCC(=O)N2)n1. The van der Waals surface area contributed by atoms with Gasteiger partial charge in [0.25, 0.3) is 0 Å². The smallest absolute Gasteiger partial charge is 0.329 e. The van der Waals surface area contributed by atoms with Crippen molar-refractivity contribution in [3.8, 4) is 0 Å². The van der Waals surface area contributed by atoms with E-state index in [0.717, 1.165) is 6.42 Å². The monoisotopic (exact) mass is 294 g/mol. The van der Waals surface area contributed by atoms with Gasteiger partial charge in [-0.1, -0.05) is 6.92 Å². The van der Waals surface area contributed by atoms with Crippen molar-refractivity contribution in [2.24, 2.45) is 0 Å². The second-order valence-corrected chi connectivity index (χ2v) is 4.80. The minimum absolute atomic E-state index is 0.00397. The third-order valence-corrected chi connectivity index (χ3v) is 3.10. The minimum Gasteiger partial charge on any atom is -0.362 e. The van der Waals surface area contributed by atoms with Gasteiger partial charge >= 0.3 is 5.69 Å². The van der Waals surface area contributed by atoms with E-state index in [1.807, 2.05) is 6.92 Å². The predicted molar refractivity (Wildman–Crippen MR) is 77.1 cm³/mol. The Balaban J connectivity index is 2.06. The zero-order valence-electron chi connectivity index (χ0n) is 11.8. The summed E-state index contributed by atoms with van der Waals surface area (Å²) in [6.07, 6.45) is 3.28. The van der Waals surface area contributed by atoms with Crippen molar-refractivity contribution >= 4 is 23.4 Å². The van der Waals surface area contributed by atoms with Gasteiger partial charge in [0.15, 0.2) is 0 Å². The topological polar surface area (TPSA) is 122 Å². The fraction of sp³-hybridized carbons (Fsp3) is 0.583. The molecule has 0 bridgehead atoms. The van der Waals surface area contributed by atoms with Gasteiger partial charge < -0.3 is 16.0 Å². The summed E-state index contributed by atoms with van der Waals surface area (Å²) in [5.74, 6) is 0.513. The molecule has 0 radical (unpaired) electrons. The number of rotatable bonds is 7. The molecule has 0 aromatic carbocycles. The van der Waals surface area contributed by atoms with E-state index in [2.05, 4.69) is 25.9 Å². The molecule has 2 rings (SSSR count). The minimum atomic E-state index is -0.529.